The highest BCUT2D eigenvalue weighted by atomic mass is 16.5. The Labute approximate surface area is 148 Å². The Kier molecular flexibility index (Phi) is 5.14. The summed E-state index contributed by atoms with van der Waals surface area (Å²) in [5.74, 6) is 2.92. The third kappa shape index (κ3) is 4.26. The fraction of sp³-hybridized carbons (Fsp3) is 0.200. The fourth-order valence-electron chi connectivity index (χ4n) is 2.48. The summed E-state index contributed by atoms with van der Waals surface area (Å²) in [4.78, 5) is 9.30. The van der Waals surface area contributed by atoms with Gasteiger partial charge >= 0.3 is 0 Å². The zero-order chi connectivity index (χ0) is 17.6. The van der Waals surface area contributed by atoms with E-state index in [4.69, 9.17) is 4.74 Å². The van der Waals surface area contributed by atoms with Gasteiger partial charge in [-0.15, -0.1) is 0 Å². The van der Waals surface area contributed by atoms with Crippen LogP contribution in [-0.4, -0.2) is 23.1 Å². The summed E-state index contributed by atoms with van der Waals surface area (Å²) in [6.07, 6.45) is 0. The number of methoxy groups -OCH3 is 1. The first-order valence-electron chi connectivity index (χ1n) is 8.27. The number of anilines is 3. The van der Waals surface area contributed by atoms with Crippen LogP contribution in [0.4, 0.5) is 17.3 Å². The minimum absolute atomic E-state index is 0.276. The molecule has 0 aliphatic carbocycles. The molecule has 5 heteroatoms. The summed E-state index contributed by atoms with van der Waals surface area (Å²) in [7, 11) is 1.65. The molecule has 1 aromatic heterocycles. The van der Waals surface area contributed by atoms with Crippen LogP contribution in [0.5, 0.6) is 5.75 Å². The van der Waals surface area contributed by atoms with Crippen LogP contribution in [0.1, 0.15) is 13.8 Å². The van der Waals surface area contributed by atoms with Crippen LogP contribution < -0.4 is 15.4 Å². The van der Waals surface area contributed by atoms with E-state index in [2.05, 4.69) is 34.4 Å². The monoisotopic (exact) mass is 334 g/mol. The van der Waals surface area contributed by atoms with E-state index in [9.17, 15) is 0 Å². The van der Waals surface area contributed by atoms with Crippen molar-refractivity contribution in [3.05, 3.63) is 60.7 Å². The molecule has 0 radical (unpaired) electrons. The maximum absolute atomic E-state index is 5.41. The lowest BCUT2D eigenvalue weighted by Gasteiger charge is -2.14. The minimum atomic E-state index is 0.276. The van der Waals surface area contributed by atoms with Crippen molar-refractivity contribution in [2.45, 2.75) is 19.9 Å². The van der Waals surface area contributed by atoms with Crippen molar-refractivity contribution in [1.82, 2.24) is 9.97 Å². The molecule has 25 heavy (non-hydrogen) atoms. The third-order valence-electron chi connectivity index (χ3n) is 3.56. The Morgan fingerprint density at radius 1 is 0.880 bits per heavy atom. The zero-order valence-electron chi connectivity index (χ0n) is 14.7. The molecular weight excluding hydrogens is 312 g/mol. The molecule has 0 amide bonds. The van der Waals surface area contributed by atoms with E-state index in [1.807, 2.05) is 60.7 Å². The number of para-hydroxylation sites is 2. The SMILES string of the molecule is COc1ccccc1Nc1cc(NC(C)C)nc(-c2ccccc2)n1. The first-order valence-corrected chi connectivity index (χ1v) is 8.27. The van der Waals surface area contributed by atoms with Gasteiger partial charge in [0.25, 0.3) is 0 Å². The Morgan fingerprint density at radius 3 is 2.28 bits per heavy atom. The standard InChI is InChI=1S/C20H22N4O/c1-14(2)21-18-13-19(22-16-11-7-8-12-17(16)25-3)24-20(23-18)15-9-5-4-6-10-15/h4-14H,1-3H3,(H2,21,22,23,24). The van der Waals surface area contributed by atoms with Crippen molar-refractivity contribution < 1.29 is 4.74 Å². The molecule has 2 N–H and O–H groups in total. The van der Waals surface area contributed by atoms with Gasteiger partial charge in [-0.25, -0.2) is 9.97 Å². The molecule has 0 saturated carbocycles. The molecule has 0 unspecified atom stereocenters. The van der Waals surface area contributed by atoms with Gasteiger partial charge in [-0.3, -0.25) is 0 Å². The Morgan fingerprint density at radius 2 is 1.56 bits per heavy atom. The van der Waals surface area contributed by atoms with Crippen LogP contribution in [0, 0.1) is 0 Å². The molecule has 0 saturated heterocycles. The highest BCUT2D eigenvalue weighted by Gasteiger charge is 2.09. The Bertz CT molecular complexity index is 834. The maximum Gasteiger partial charge on any atom is 0.163 e. The first-order chi connectivity index (χ1) is 12.2. The van der Waals surface area contributed by atoms with Gasteiger partial charge in [0, 0.05) is 17.7 Å². The number of nitrogens with zero attached hydrogens (tertiary/aromatic N) is 2. The number of hydrogen-bond acceptors (Lipinski definition) is 5. The van der Waals surface area contributed by atoms with E-state index in [1.54, 1.807) is 7.11 Å². The molecule has 2 aromatic carbocycles. The molecule has 0 fully saturated rings. The number of aromatic nitrogens is 2. The van der Waals surface area contributed by atoms with Crippen LogP contribution in [-0.2, 0) is 0 Å². The van der Waals surface area contributed by atoms with Gasteiger partial charge in [-0.05, 0) is 26.0 Å². The normalized spacial score (nSPS) is 10.6. The molecule has 3 aromatic rings. The van der Waals surface area contributed by atoms with Crippen molar-refractivity contribution in [1.29, 1.82) is 0 Å². The highest BCUT2D eigenvalue weighted by molar-refractivity contribution is 5.68. The number of ether oxygens (including phenoxy) is 1. The van der Waals surface area contributed by atoms with Crippen LogP contribution in [0.15, 0.2) is 60.7 Å². The van der Waals surface area contributed by atoms with Gasteiger partial charge in [-0.2, -0.15) is 0 Å². The van der Waals surface area contributed by atoms with Gasteiger partial charge in [0.15, 0.2) is 5.82 Å². The van der Waals surface area contributed by atoms with E-state index < -0.39 is 0 Å². The molecule has 0 aliphatic heterocycles. The molecule has 0 spiro atoms. The van der Waals surface area contributed by atoms with Crippen molar-refractivity contribution in [3.8, 4) is 17.1 Å². The first kappa shape index (κ1) is 16.8. The van der Waals surface area contributed by atoms with Crippen molar-refractivity contribution >= 4 is 17.3 Å². The summed E-state index contributed by atoms with van der Waals surface area (Å²) >= 11 is 0. The lowest BCUT2D eigenvalue weighted by Crippen LogP contribution is -2.12. The van der Waals surface area contributed by atoms with Crippen molar-refractivity contribution in [3.63, 3.8) is 0 Å². The summed E-state index contributed by atoms with van der Waals surface area (Å²) < 4.78 is 5.41. The second-order valence-electron chi connectivity index (χ2n) is 5.95. The largest absolute Gasteiger partial charge is 0.495 e. The number of hydrogen-bond donors (Lipinski definition) is 2. The van der Waals surface area contributed by atoms with Gasteiger partial charge in [0.05, 0.1) is 12.8 Å². The smallest absolute Gasteiger partial charge is 0.163 e. The van der Waals surface area contributed by atoms with E-state index >= 15 is 0 Å². The number of nitrogens with one attached hydrogen (secondary N) is 2. The topological polar surface area (TPSA) is 59.1 Å². The Balaban J connectivity index is 2.00. The summed E-state index contributed by atoms with van der Waals surface area (Å²) in [5.41, 5.74) is 1.83. The van der Waals surface area contributed by atoms with E-state index in [0.717, 1.165) is 22.8 Å². The van der Waals surface area contributed by atoms with Crippen molar-refractivity contribution in [2.24, 2.45) is 0 Å². The number of rotatable bonds is 6. The van der Waals surface area contributed by atoms with E-state index in [0.29, 0.717) is 11.6 Å². The number of benzene rings is 2. The maximum atomic E-state index is 5.41. The second-order valence-corrected chi connectivity index (χ2v) is 5.95. The quantitative estimate of drug-likeness (QED) is 0.683. The molecule has 0 bridgehead atoms. The Hall–Kier alpha value is -3.08. The van der Waals surface area contributed by atoms with E-state index in [1.165, 1.54) is 0 Å². The molecule has 3 rings (SSSR count). The predicted octanol–water partition coefficient (Wildman–Crippen LogP) is 4.72. The zero-order valence-corrected chi connectivity index (χ0v) is 14.7. The third-order valence-corrected chi connectivity index (χ3v) is 3.56. The molecule has 5 nitrogen and oxygen atoms in total. The van der Waals surface area contributed by atoms with Gasteiger partial charge in [-0.1, -0.05) is 42.5 Å². The van der Waals surface area contributed by atoms with E-state index in [-0.39, 0.29) is 6.04 Å². The van der Waals surface area contributed by atoms with Gasteiger partial charge in [0.2, 0.25) is 0 Å². The molecule has 128 valence electrons. The fourth-order valence-corrected chi connectivity index (χ4v) is 2.48. The molecule has 0 aliphatic rings. The van der Waals surface area contributed by atoms with Crippen LogP contribution >= 0.6 is 0 Å². The lowest BCUT2D eigenvalue weighted by atomic mass is 10.2. The van der Waals surface area contributed by atoms with Gasteiger partial charge < -0.3 is 15.4 Å². The van der Waals surface area contributed by atoms with Crippen LogP contribution in [0.25, 0.3) is 11.4 Å². The molecule has 0 atom stereocenters. The van der Waals surface area contributed by atoms with Crippen LogP contribution in [0.2, 0.25) is 0 Å². The average molecular weight is 334 g/mol. The van der Waals surface area contributed by atoms with Gasteiger partial charge in [0.1, 0.15) is 17.4 Å². The van der Waals surface area contributed by atoms with Crippen molar-refractivity contribution in [2.75, 3.05) is 17.7 Å². The summed E-state index contributed by atoms with van der Waals surface area (Å²) in [6, 6.07) is 19.9. The average Bonchev–Trinajstić information content (AvgIpc) is 2.62. The second kappa shape index (κ2) is 7.66. The lowest BCUT2D eigenvalue weighted by molar-refractivity contribution is 0.417. The molecule has 1 heterocycles. The van der Waals surface area contributed by atoms with Crippen LogP contribution in [0.3, 0.4) is 0 Å². The minimum Gasteiger partial charge on any atom is -0.495 e. The molecular formula is C20H22N4O. The summed E-state index contributed by atoms with van der Waals surface area (Å²) in [6.45, 7) is 4.16. The highest BCUT2D eigenvalue weighted by Crippen LogP contribution is 2.28. The predicted molar refractivity (Wildman–Crippen MR) is 103 cm³/mol. The summed E-state index contributed by atoms with van der Waals surface area (Å²) in [5, 5.41) is 6.68.